The second-order valence-corrected chi connectivity index (χ2v) is 4.34. The summed E-state index contributed by atoms with van der Waals surface area (Å²) in [6.45, 7) is 7.44. The molecule has 0 aliphatic rings. The number of hydrogen-bond acceptors (Lipinski definition) is 4. The summed E-state index contributed by atoms with van der Waals surface area (Å²) in [5, 5.41) is 15.7. The summed E-state index contributed by atoms with van der Waals surface area (Å²) in [6, 6.07) is -0.0912. The van der Waals surface area contributed by atoms with Gasteiger partial charge in [-0.3, -0.25) is 4.79 Å². The van der Waals surface area contributed by atoms with E-state index < -0.39 is 0 Å². The molecule has 1 aromatic heterocycles. The molecule has 5 nitrogen and oxygen atoms in total. The van der Waals surface area contributed by atoms with E-state index >= 15 is 0 Å². The van der Waals surface area contributed by atoms with Gasteiger partial charge < -0.3 is 14.9 Å². The van der Waals surface area contributed by atoms with Crippen LogP contribution in [-0.2, 0) is 6.42 Å². The number of amides is 1. The molecule has 0 spiro atoms. The predicted octanol–water partition coefficient (Wildman–Crippen LogP) is 1.29. The molecule has 0 aliphatic carbocycles. The monoisotopic (exact) mass is 240 g/mol. The van der Waals surface area contributed by atoms with Crippen LogP contribution in [0, 0.1) is 12.8 Å². The zero-order valence-corrected chi connectivity index (χ0v) is 10.8. The van der Waals surface area contributed by atoms with Gasteiger partial charge in [-0.2, -0.15) is 0 Å². The van der Waals surface area contributed by atoms with E-state index in [0.717, 1.165) is 0 Å². The molecule has 0 bridgehead atoms. The van der Waals surface area contributed by atoms with Gasteiger partial charge in [0.15, 0.2) is 0 Å². The first-order valence-electron chi connectivity index (χ1n) is 5.88. The van der Waals surface area contributed by atoms with E-state index in [0.29, 0.717) is 23.4 Å². The number of carbonyl (C=O) groups is 1. The molecular weight excluding hydrogens is 220 g/mol. The van der Waals surface area contributed by atoms with Gasteiger partial charge >= 0.3 is 0 Å². The van der Waals surface area contributed by atoms with Crippen LogP contribution in [0.3, 0.4) is 0 Å². The summed E-state index contributed by atoms with van der Waals surface area (Å²) in [6.07, 6.45) is 0.657. The normalized spacial score (nSPS) is 14.4. The Balaban J connectivity index is 2.79. The summed E-state index contributed by atoms with van der Waals surface area (Å²) in [5.74, 6) is 0.362. The fourth-order valence-electron chi connectivity index (χ4n) is 1.53. The number of aromatic nitrogens is 1. The van der Waals surface area contributed by atoms with Crippen LogP contribution in [0.15, 0.2) is 4.52 Å². The Morgan fingerprint density at radius 2 is 2.18 bits per heavy atom. The molecule has 0 fully saturated rings. The van der Waals surface area contributed by atoms with Crippen molar-refractivity contribution in [2.75, 3.05) is 6.61 Å². The minimum Gasteiger partial charge on any atom is -0.396 e. The lowest BCUT2D eigenvalue weighted by Crippen LogP contribution is -2.38. The summed E-state index contributed by atoms with van der Waals surface area (Å²) < 4.78 is 5.02. The van der Waals surface area contributed by atoms with Gasteiger partial charge in [-0.25, -0.2) is 0 Å². The molecule has 2 N–H and O–H groups in total. The molecule has 1 aromatic rings. The highest BCUT2D eigenvalue weighted by atomic mass is 16.5. The molecule has 0 saturated heterocycles. The Hall–Kier alpha value is -1.36. The van der Waals surface area contributed by atoms with Gasteiger partial charge in [0.05, 0.1) is 5.69 Å². The molecule has 1 amide bonds. The summed E-state index contributed by atoms with van der Waals surface area (Å²) in [5.41, 5.74) is 1.19. The van der Waals surface area contributed by atoms with Crippen molar-refractivity contribution in [3.63, 3.8) is 0 Å². The molecule has 1 rings (SSSR count). The summed E-state index contributed by atoms with van der Waals surface area (Å²) in [4.78, 5) is 12.0. The fourth-order valence-corrected chi connectivity index (χ4v) is 1.53. The van der Waals surface area contributed by atoms with Crippen molar-refractivity contribution in [1.82, 2.24) is 10.5 Å². The van der Waals surface area contributed by atoms with Crippen LogP contribution in [0.25, 0.3) is 0 Å². The molecule has 1 heterocycles. The predicted molar refractivity (Wildman–Crippen MR) is 63.8 cm³/mol. The minimum absolute atomic E-state index is 0.0178. The highest BCUT2D eigenvalue weighted by molar-refractivity contribution is 5.96. The van der Waals surface area contributed by atoms with E-state index in [1.54, 1.807) is 6.92 Å². The molecule has 0 saturated carbocycles. The number of nitrogens with one attached hydrogen (secondary N) is 1. The van der Waals surface area contributed by atoms with E-state index in [2.05, 4.69) is 10.5 Å². The van der Waals surface area contributed by atoms with Crippen molar-refractivity contribution in [2.24, 2.45) is 5.92 Å². The number of hydrogen-bond donors (Lipinski definition) is 2. The average molecular weight is 240 g/mol. The second kappa shape index (κ2) is 5.82. The number of carbonyl (C=O) groups excluding carboxylic acids is 1. The largest absolute Gasteiger partial charge is 0.396 e. The van der Waals surface area contributed by atoms with Crippen LogP contribution in [0.2, 0.25) is 0 Å². The average Bonchev–Trinajstić information content (AvgIpc) is 2.69. The number of rotatable bonds is 5. The highest BCUT2D eigenvalue weighted by Gasteiger charge is 2.22. The van der Waals surface area contributed by atoms with E-state index in [9.17, 15) is 4.79 Å². The van der Waals surface area contributed by atoms with Gasteiger partial charge in [0.25, 0.3) is 5.91 Å². The lowest BCUT2D eigenvalue weighted by molar-refractivity contribution is 0.0914. The Morgan fingerprint density at radius 1 is 1.53 bits per heavy atom. The standard InChI is InChI=1S/C12H20N2O3/c1-5-10-11(9(4)17-14-10)12(16)13-8(3)7(2)6-15/h7-8,15H,5-6H2,1-4H3,(H,13,16). The SMILES string of the molecule is CCc1noc(C)c1C(=O)NC(C)C(C)CO. The van der Waals surface area contributed by atoms with Gasteiger partial charge in [-0.15, -0.1) is 0 Å². The number of aliphatic hydroxyl groups is 1. The molecule has 0 radical (unpaired) electrons. The molecule has 2 atom stereocenters. The lowest BCUT2D eigenvalue weighted by atomic mass is 10.0. The molecule has 0 aromatic carbocycles. The van der Waals surface area contributed by atoms with Crippen LogP contribution in [0.4, 0.5) is 0 Å². The zero-order valence-electron chi connectivity index (χ0n) is 10.8. The van der Waals surface area contributed by atoms with Crippen molar-refractivity contribution >= 4 is 5.91 Å². The third-order valence-electron chi connectivity index (χ3n) is 3.00. The highest BCUT2D eigenvalue weighted by Crippen LogP contribution is 2.14. The number of nitrogens with zero attached hydrogens (tertiary/aromatic N) is 1. The van der Waals surface area contributed by atoms with Crippen molar-refractivity contribution in [1.29, 1.82) is 0 Å². The maximum Gasteiger partial charge on any atom is 0.257 e. The van der Waals surface area contributed by atoms with E-state index in [4.69, 9.17) is 9.63 Å². The summed E-state index contributed by atoms with van der Waals surface area (Å²) >= 11 is 0. The Kier molecular flexibility index (Phi) is 4.69. The van der Waals surface area contributed by atoms with Crippen LogP contribution in [0.5, 0.6) is 0 Å². The Morgan fingerprint density at radius 3 is 2.71 bits per heavy atom. The smallest absolute Gasteiger partial charge is 0.257 e. The van der Waals surface area contributed by atoms with E-state index in [-0.39, 0.29) is 24.5 Å². The van der Waals surface area contributed by atoms with Crippen molar-refractivity contribution in [3.8, 4) is 0 Å². The van der Waals surface area contributed by atoms with Gasteiger partial charge in [-0.05, 0) is 26.2 Å². The molecule has 0 aliphatic heterocycles. The lowest BCUT2D eigenvalue weighted by Gasteiger charge is -2.19. The zero-order chi connectivity index (χ0) is 13.0. The van der Waals surface area contributed by atoms with Gasteiger partial charge in [0.1, 0.15) is 11.3 Å². The molecule has 17 heavy (non-hydrogen) atoms. The molecule has 5 heteroatoms. The Labute approximate surface area is 101 Å². The van der Waals surface area contributed by atoms with E-state index in [1.807, 2.05) is 20.8 Å². The topological polar surface area (TPSA) is 75.4 Å². The number of aryl methyl sites for hydroxylation is 2. The van der Waals surface area contributed by atoms with Crippen molar-refractivity contribution in [3.05, 3.63) is 17.0 Å². The van der Waals surface area contributed by atoms with Crippen molar-refractivity contribution in [2.45, 2.75) is 40.2 Å². The first-order chi connectivity index (χ1) is 8.01. The minimum atomic E-state index is -0.187. The quantitative estimate of drug-likeness (QED) is 0.813. The maximum absolute atomic E-state index is 12.0. The second-order valence-electron chi connectivity index (χ2n) is 4.34. The fraction of sp³-hybridized carbons (Fsp3) is 0.667. The van der Waals surface area contributed by atoms with Crippen molar-refractivity contribution < 1.29 is 14.4 Å². The molecular formula is C12H20N2O3. The molecule has 96 valence electrons. The Bertz CT molecular complexity index is 387. The third kappa shape index (κ3) is 3.06. The number of aliphatic hydroxyl groups excluding tert-OH is 1. The van der Waals surface area contributed by atoms with Crippen LogP contribution < -0.4 is 5.32 Å². The molecule has 2 unspecified atom stereocenters. The van der Waals surface area contributed by atoms with Crippen LogP contribution >= 0.6 is 0 Å². The first kappa shape index (κ1) is 13.7. The van der Waals surface area contributed by atoms with Gasteiger partial charge in [0, 0.05) is 12.6 Å². The third-order valence-corrected chi connectivity index (χ3v) is 3.00. The van der Waals surface area contributed by atoms with Crippen LogP contribution in [0.1, 0.15) is 42.6 Å². The van der Waals surface area contributed by atoms with E-state index in [1.165, 1.54) is 0 Å². The van der Waals surface area contributed by atoms with Gasteiger partial charge in [0.2, 0.25) is 0 Å². The first-order valence-corrected chi connectivity index (χ1v) is 5.88. The van der Waals surface area contributed by atoms with Gasteiger partial charge in [-0.1, -0.05) is 19.0 Å². The summed E-state index contributed by atoms with van der Waals surface area (Å²) in [7, 11) is 0. The maximum atomic E-state index is 12.0. The van der Waals surface area contributed by atoms with Crippen LogP contribution in [-0.4, -0.2) is 28.8 Å².